The van der Waals surface area contributed by atoms with Crippen molar-refractivity contribution in [2.45, 2.75) is 13.3 Å². The van der Waals surface area contributed by atoms with Crippen LogP contribution >= 0.6 is 0 Å². The molecule has 0 unspecified atom stereocenters. The molecule has 0 fully saturated rings. The lowest BCUT2D eigenvalue weighted by atomic mass is 10.1. The second kappa shape index (κ2) is 9.26. The number of carbonyl (C=O) groups excluding carboxylic acids is 2. The highest BCUT2D eigenvalue weighted by atomic mass is 16.5. The maximum Gasteiger partial charge on any atom is 0.258 e. The lowest BCUT2D eigenvalue weighted by molar-refractivity contribution is -0.125. The van der Waals surface area contributed by atoms with Crippen LogP contribution in [0.3, 0.4) is 0 Å². The van der Waals surface area contributed by atoms with Gasteiger partial charge in [-0.1, -0.05) is 25.1 Å². The van der Waals surface area contributed by atoms with Crippen LogP contribution in [-0.4, -0.2) is 45.2 Å². The van der Waals surface area contributed by atoms with Gasteiger partial charge in [0.05, 0.1) is 12.2 Å². The lowest BCUT2D eigenvalue weighted by Crippen LogP contribution is -2.35. The highest BCUT2D eigenvalue weighted by Crippen LogP contribution is 2.15. The highest BCUT2D eigenvalue weighted by Gasteiger charge is 2.09. The van der Waals surface area contributed by atoms with E-state index in [2.05, 4.69) is 26.2 Å². The minimum absolute atomic E-state index is 0.127. The zero-order chi connectivity index (χ0) is 19.8. The summed E-state index contributed by atoms with van der Waals surface area (Å²) < 4.78 is 6.93. The Morgan fingerprint density at radius 1 is 1.07 bits per heavy atom. The first kappa shape index (κ1) is 19.0. The van der Waals surface area contributed by atoms with Crippen molar-refractivity contribution >= 4 is 17.5 Å². The number of nitrogens with zero attached hydrogens (tertiary/aromatic N) is 4. The molecule has 28 heavy (non-hydrogen) atoms. The summed E-state index contributed by atoms with van der Waals surface area (Å²) in [4.78, 5) is 23.9. The van der Waals surface area contributed by atoms with Gasteiger partial charge in [-0.2, -0.15) is 0 Å². The number of aryl methyl sites for hydroxylation is 1. The van der Waals surface area contributed by atoms with E-state index in [1.165, 1.54) is 11.0 Å². The van der Waals surface area contributed by atoms with Gasteiger partial charge in [0.1, 0.15) is 12.1 Å². The fourth-order valence-corrected chi connectivity index (χ4v) is 2.50. The molecular formula is C19H20N6O3. The molecule has 1 heterocycles. The smallest absolute Gasteiger partial charge is 0.258 e. The SMILES string of the molecule is CCc1ccccc1NC(=O)CNC(=O)COc1ccc(-n2cnnn2)cc1. The van der Waals surface area contributed by atoms with Gasteiger partial charge in [-0.3, -0.25) is 9.59 Å². The first-order valence-corrected chi connectivity index (χ1v) is 8.76. The van der Waals surface area contributed by atoms with Crippen molar-refractivity contribution in [3.05, 3.63) is 60.4 Å². The Bertz CT molecular complexity index is 925. The quantitative estimate of drug-likeness (QED) is 0.610. The molecule has 1 aromatic heterocycles. The summed E-state index contributed by atoms with van der Waals surface area (Å²) in [6.07, 6.45) is 2.29. The Morgan fingerprint density at radius 2 is 1.86 bits per heavy atom. The van der Waals surface area contributed by atoms with E-state index in [0.717, 1.165) is 23.4 Å². The number of hydrogen-bond donors (Lipinski definition) is 2. The summed E-state index contributed by atoms with van der Waals surface area (Å²) in [5.74, 6) is -0.156. The second-order valence-electron chi connectivity index (χ2n) is 5.87. The molecule has 0 aliphatic rings. The lowest BCUT2D eigenvalue weighted by Gasteiger charge is -2.11. The van der Waals surface area contributed by atoms with Crippen LogP contribution in [0.1, 0.15) is 12.5 Å². The van der Waals surface area contributed by atoms with Gasteiger partial charge in [-0.15, -0.1) is 5.10 Å². The van der Waals surface area contributed by atoms with Gasteiger partial charge < -0.3 is 15.4 Å². The maximum absolute atomic E-state index is 12.0. The van der Waals surface area contributed by atoms with E-state index in [-0.39, 0.29) is 25.0 Å². The second-order valence-corrected chi connectivity index (χ2v) is 5.87. The van der Waals surface area contributed by atoms with Crippen molar-refractivity contribution in [2.75, 3.05) is 18.5 Å². The molecule has 0 bridgehead atoms. The summed E-state index contributed by atoms with van der Waals surface area (Å²) in [6, 6.07) is 14.5. The fraction of sp³-hybridized carbons (Fsp3) is 0.211. The Balaban J connectivity index is 1.42. The third-order valence-electron chi connectivity index (χ3n) is 3.94. The number of anilines is 1. The average molecular weight is 380 g/mol. The van der Waals surface area contributed by atoms with E-state index < -0.39 is 0 Å². The first-order valence-electron chi connectivity index (χ1n) is 8.76. The standard InChI is InChI=1S/C19H20N6O3/c1-2-14-5-3-4-6-17(14)22-18(26)11-20-19(27)12-28-16-9-7-15(8-10-16)25-13-21-23-24-25/h3-10,13H,2,11-12H2,1H3,(H,20,27)(H,22,26). The molecular weight excluding hydrogens is 360 g/mol. The molecule has 0 radical (unpaired) electrons. The molecule has 3 aromatic rings. The van der Waals surface area contributed by atoms with Gasteiger partial charge in [0.2, 0.25) is 5.91 Å². The largest absolute Gasteiger partial charge is 0.484 e. The fourth-order valence-electron chi connectivity index (χ4n) is 2.50. The molecule has 144 valence electrons. The van der Waals surface area contributed by atoms with Gasteiger partial charge in [-0.05, 0) is 52.7 Å². The number of rotatable bonds is 8. The number of nitrogens with one attached hydrogen (secondary N) is 2. The van der Waals surface area contributed by atoms with Crippen molar-refractivity contribution in [2.24, 2.45) is 0 Å². The average Bonchev–Trinajstić information content (AvgIpc) is 3.26. The highest BCUT2D eigenvalue weighted by molar-refractivity contribution is 5.95. The van der Waals surface area contributed by atoms with E-state index in [1.54, 1.807) is 24.3 Å². The van der Waals surface area contributed by atoms with E-state index in [4.69, 9.17) is 4.74 Å². The summed E-state index contributed by atoms with van der Waals surface area (Å²) >= 11 is 0. The molecule has 2 aromatic carbocycles. The van der Waals surface area contributed by atoms with Gasteiger partial charge in [-0.25, -0.2) is 4.68 Å². The summed E-state index contributed by atoms with van der Waals surface area (Å²) in [5, 5.41) is 16.3. The summed E-state index contributed by atoms with van der Waals surface area (Å²) in [5.41, 5.74) is 2.56. The van der Waals surface area contributed by atoms with E-state index >= 15 is 0 Å². The van der Waals surface area contributed by atoms with Crippen molar-refractivity contribution in [3.8, 4) is 11.4 Å². The van der Waals surface area contributed by atoms with Crippen LogP contribution in [0.2, 0.25) is 0 Å². The van der Waals surface area contributed by atoms with Crippen molar-refractivity contribution < 1.29 is 14.3 Å². The molecule has 3 rings (SSSR count). The number of ether oxygens (including phenoxy) is 1. The van der Waals surface area contributed by atoms with Gasteiger partial charge in [0.15, 0.2) is 6.61 Å². The number of para-hydroxylation sites is 1. The molecule has 9 heteroatoms. The van der Waals surface area contributed by atoms with Gasteiger partial charge in [0, 0.05) is 5.69 Å². The zero-order valence-electron chi connectivity index (χ0n) is 15.3. The normalized spacial score (nSPS) is 10.3. The number of hydrogen-bond acceptors (Lipinski definition) is 6. The monoisotopic (exact) mass is 380 g/mol. The Labute approximate surface area is 161 Å². The number of amides is 2. The van der Waals surface area contributed by atoms with E-state index in [0.29, 0.717) is 5.75 Å². The minimum atomic E-state index is -0.386. The zero-order valence-corrected chi connectivity index (χ0v) is 15.3. The minimum Gasteiger partial charge on any atom is -0.484 e. The molecule has 0 saturated heterocycles. The van der Waals surface area contributed by atoms with E-state index in [1.807, 2.05) is 31.2 Å². The number of aromatic nitrogens is 4. The van der Waals surface area contributed by atoms with Crippen molar-refractivity contribution in [3.63, 3.8) is 0 Å². The van der Waals surface area contributed by atoms with Gasteiger partial charge >= 0.3 is 0 Å². The van der Waals surface area contributed by atoms with Crippen LogP contribution < -0.4 is 15.4 Å². The topological polar surface area (TPSA) is 111 Å². The number of carbonyl (C=O) groups is 2. The Kier molecular flexibility index (Phi) is 6.29. The van der Waals surface area contributed by atoms with E-state index in [9.17, 15) is 9.59 Å². The number of benzene rings is 2. The Hall–Kier alpha value is -3.75. The van der Waals surface area contributed by atoms with Crippen molar-refractivity contribution in [1.82, 2.24) is 25.5 Å². The first-order chi connectivity index (χ1) is 13.7. The molecule has 0 atom stereocenters. The maximum atomic E-state index is 12.0. The van der Waals surface area contributed by atoms with Crippen molar-refractivity contribution in [1.29, 1.82) is 0 Å². The van der Waals surface area contributed by atoms with Crippen LogP contribution in [-0.2, 0) is 16.0 Å². The number of tetrazole rings is 1. The van der Waals surface area contributed by atoms with Crippen LogP contribution in [0.5, 0.6) is 5.75 Å². The molecule has 0 aliphatic carbocycles. The predicted octanol–water partition coefficient (Wildman–Crippen LogP) is 1.36. The van der Waals surface area contributed by atoms with Crippen LogP contribution in [0.25, 0.3) is 5.69 Å². The molecule has 0 aliphatic heterocycles. The predicted molar refractivity (Wildman–Crippen MR) is 102 cm³/mol. The molecule has 0 saturated carbocycles. The van der Waals surface area contributed by atoms with Gasteiger partial charge in [0.25, 0.3) is 5.91 Å². The van der Waals surface area contributed by atoms with Crippen LogP contribution in [0.15, 0.2) is 54.9 Å². The summed E-state index contributed by atoms with van der Waals surface area (Å²) in [7, 11) is 0. The molecule has 9 nitrogen and oxygen atoms in total. The Morgan fingerprint density at radius 3 is 2.57 bits per heavy atom. The van der Waals surface area contributed by atoms with Crippen LogP contribution in [0.4, 0.5) is 5.69 Å². The molecule has 2 N–H and O–H groups in total. The van der Waals surface area contributed by atoms with Crippen LogP contribution in [0, 0.1) is 0 Å². The molecule has 0 spiro atoms. The third kappa shape index (κ3) is 5.13. The molecule has 2 amide bonds. The third-order valence-corrected chi connectivity index (χ3v) is 3.94. The summed E-state index contributed by atoms with van der Waals surface area (Å²) in [6.45, 7) is 1.70.